The molecule has 3 nitrogen and oxygen atoms in total. The van der Waals surface area contributed by atoms with Crippen molar-refractivity contribution in [2.75, 3.05) is 7.11 Å². The molecular formula is C14H9F2NO2. The minimum absolute atomic E-state index is 0.0934. The van der Waals surface area contributed by atoms with Gasteiger partial charge in [0.25, 0.3) is 0 Å². The predicted octanol–water partition coefficient (Wildman–Crippen LogP) is 2.97. The van der Waals surface area contributed by atoms with E-state index in [1.54, 1.807) is 18.2 Å². The predicted molar refractivity (Wildman–Crippen MR) is 68.5 cm³/mol. The smallest absolute Gasteiger partial charge is 0.201 e. The molecule has 3 rings (SSSR count). The molecule has 0 fully saturated rings. The Kier molecular flexibility index (Phi) is 2.48. The van der Waals surface area contributed by atoms with Crippen LogP contribution in [-0.4, -0.2) is 12.1 Å². The molecule has 0 atom stereocenters. The van der Waals surface area contributed by atoms with Gasteiger partial charge in [-0.2, -0.15) is 0 Å². The highest BCUT2D eigenvalue weighted by molar-refractivity contribution is 5.95. The molecule has 2 aromatic carbocycles. The van der Waals surface area contributed by atoms with E-state index in [0.29, 0.717) is 16.7 Å². The second-order valence-electron chi connectivity index (χ2n) is 4.15. The molecule has 0 aliphatic carbocycles. The number of halogens is 2. The highest BCUT2D eigenvalue weighted by atomic mass is 19.2. The Hall–Kier alpha value is -2.43. The summed E-state index contributed by atoms with van der Waals surface area (Å²) in [5.41, 5.74) is 0.382. The van der Waals surface area contributed by atoms with Gasteiger partial charge < -0.3 is 9.72 Å². The Bertz CT molecular complexity index is 855. The van der Waals surface area contributed by atoms with Gasteiger partial charge >= 0.3 is 0 Å². The van der Waals surface area contributed by atoms with Crippen molar-refractivity contribution >= 4 is 21.8 Å². The number of hydrogen-bond acceptors (Lipinski definition) is 2. The number of fused-ring (bicyclic) bond motifs is 2. The van der Waals surface area contributed by atoms with Crippen molar-refractivity contribution < 1.29 is 13.5 Å². The van der Waals surface area contributed by atoms with E-state index >= 15 is 0 Å². The largest absolute Gasteiger partial charge is 0.496 e. The summed E-state index contributed by atoms with van der Waals surface area (Å²) in [6, 6.07) is 6.91. The number of H-pyrrole nitrogens is 1. The molecule has 19 heavy (non-hydrogen) atoms. The molecule has 0 unspecified atom stereocenters. The molecule has 0 saturated heterocycles. The minimum atomic E-state index is -1.05. The second-order valence-corrected chi connectivity index (χ2v) is 4.15. The van der Waals surface area contributed by atoms with Gasteiger partial charge in [-0.05, 0) is 18.2 Å². The van der Waals surface area contributed by atoms with Crippen LogP contribution in [0.3, 0.4) is 0 Å². The molecule has 0 aliphatic heterocycles. The fourth-order valence-electron chi connectivity index (χ4n) is 2.16. The maximum absolute atomic E-state index is 13.3. The number of pyridine rings is 1. The molecule has 1 heterocycles. The molecular weight excluding hydrogens is 252 g/mol. The summed E-state index contributed by atoms with van der Waals surface area (Å²) >= 11 is 0. The van der Waals surface area contributed by atoms with Crippen molar-refractivity contribution in [3.05, 3.63) is 52.2 Å². The molecule has 0 radical (unpaired) electrons. The van der Waals surface area contributed by atoms with Gasteiger partial charge in [-0.25, -0.2) is 8.78 Å². The van der Waals surface area contributed by atoms with E-state index in [0.717, 1.165) is 12.1 Å². The lowest BCUT2D eigenvalue weighted by molar-refractivity contribution is 0.419. The second kappa shape index (κ2) is 4.05. The lowest BCUT2D eigenvalue weighted by Gasteiger charge is -2.07. The molecule has 0 aliphatic rings. The van der Waals surface area contributed by atoms with Crippen molar-refractivity contribution in [2.24, 2.45) is 0 Å². The van der Waals surface area contributed by atoms with Crippen LogP contribution in [0.25, 0.3) is 21.8 Å². The summed E-state index contributed by atoms with van der Waals surface area (Å²) in [5.74, 6) is -1.65. The molecule has 0 saturated carbocycles. The van der Waals surface area contributed by atoms with Gasteiger partial charge in [0.05, 0.1) is 23.5 Å². The van der Waals surface area contributed by atoms with Crippen LogP contribution in [0.4, 0.5) is 8.78 Å². The maximum Gasteiger partial charge on any atom is 0.201 e. The van der Waals surface area contributed by atoms with Gasteiger partial charge in [-0.3, -0.25) is 4.79 Å². The normalized spacial score (nSPS) is 11.1. The summed E-state index contributed by atoms with van der Waals surface area (Å²) in [6.45, 7) is 0. The first-order chi connectivity index (χ1) is 9.11. The van der Waals surface area contributed by atoms with Gasteiger partial charge in [0.15, 0.2) is 11.6 Å². The number of rotatable bonds is 1. The van der Waals surface area contributed by atoms with Gasteiger partial charge in [-0.1, -0.05) is 6.07 Å². The number of nitrogens with one attached hydrogen (secondary N) is 1. The molecule has 0 amide bonds. The van der Waals surface area contributed by atoms with Crippen LogP contribution in [-0.2, 0) is 0 Å². The first-order valence-electron chi connectivity index (χ1n) is 5.59. The zero-order chi connectivity index (χ0) is 13.6. The standard InChI is InChI=1S/C14H9F2NO2/c1-19-12-4-2-3-10-13(12)14(18)7-5-8(15)9(16)6-11(7)17-10/h2-6H,1H3,(H,17,18). The Morgan fingerprint density at radius 3 is 2.58 bits per heavy atom. The summed E-state index contributed by atoms with van der Waals surface area (Å²) in [4.78, 5) is 15.2. The van der Waals surface area contributed by atoms with Crippen molar-refractivity contribution in [2.45, 2.75) is 0 Å². The van der Waals surface area contributed by atoms with Gasteiger partial charge in [0.2, 0.25) is 5.43 Å². The number of aromatic nitrogens is 1. The third-order valence-electron chi connectivity index (χ3n) is 3.05. The van der Waals surface area contributed by atoms with Crippen LogP contribution < -0.4 is 10.2 Å². The first-order valence-corrected chi connectivity index (χ1v) is 5.59. The van der Waals surface area contributed by atoms with Gasteiger partial charge in [-0.15, -0.1) is 0 Å². The molecule has 96 valence electrons. The topological polar surface area (TPSA) is 42.1 Å². The lowest BCUT2D eigenvalue weighted by atomic mass is 10.1. The fraction of sp³-hybridized carbons (Fsp3) is 0.0714. The number of hydrogen-bond donors (Lipinski definition) is 1. The summed E-state index contributed by atoms with van der Waals surface area (Å²) in [7, 11) is 1.45. The average Bonchev–Trinajstić information content (AvgIpc) is 2.40. The van der Waals surface area contributed by atoms with Crippen LogP contribution >= 0.6 is 0 Å². The molecule has 5 heteroatoms. The van der Waals surface area contributed by atoms with Crippen LogP contribution in [0, 0.1) is 11.6 Å². The third-order valence-corrected chi connectivity index (χ3v) is 3.05. The quantitative estimate of drug-likeness (QED) is 0.684. The monoisotopic (exact) mass is 261 g/mol. The van der Waals surface area contributed by atoms with Crippen LogP contribution in [0.1, 0.15) is 0 Å². The van der Waals surface area contributed by atoms with Crippen LogP contribution in [0.2, 0.25) is 0 Å². The molecule has 3 aromatic rings. The highest BCUT2D eigenvalue weighted by Crippen LogP contribution is 2.24. The van der Waals surface area contributed by atoms with Gasteiger partial charge in [0.1, 0.15) is 5.75 Å². The Morgan fingerprint density at radius 2 is 1.84 bits per heavy atom. The molecule has 0 bridgehead atoms. The van der Waals surface area contributed by atoms with Crippen molar-refractivity contribution in [1.29, 1.82) is 0 Å². The zero-order valence-electron chi connectivity index (χ0n) is 9.96. The maximum atomic E-state index is 13.3. The summed E-state index contributed by atoms with van der Waals surface area (Å²) in [6.07, 6.45) is 0. The third kappa shape index (κ3) is 1.66. The SMILES string of the molecule is COc1cccc2[nH]c3cc(F)c(F)cc3c(=O)c12. The van der Waals surface area contributed by atoms with E-state index in [9.17, 15) is 13.6 Å². The van der Waals surface area contributed by atoms with Crippen LogP contribution in [0.5, 0.6) is 5.75 Å². The molecule has 1 aromatic heterocycles. The number of methoxy groups -OCH3 is 1. The first kappa shape index (κ1) is 11.6. The van der Waals surface area contributed by atoms with Crippen molar-refractivity contribution in [1.82, 2.24) is 4.98 Å². The number of benzene rings is 2. The van der Waals surface area contributed by atoms with E-state index in [-0.39, 0.29) is 16.3 Å². The Labute approximate surface area is 106 Å². The van der Waals surface area contributed by atoms with E-state index in [2.05, 4.69) is 4.98 Å². The Balaban J connectivity index is 2.57. The zero-order valence-corrected chi connectivity index (χ0v) is 9.96. The molecule has 1 N–H and O–H groups in total. The van der Waals surface area contributed by atoms with Gasteiger partial charge in [0, 0.05) is 11.5 Å². The average molecular weight is 261 g/mol. The van der Waals surface area contributed by atoms with Crippen molar-refractivity contribution in [3.8, 4) is 5.75 Å². The molecule has 0 spiro atoms. The van der Waals surface area contributed by atoms with E-state index < -0.39 is 11.6 Å². The van der Waals surface area contributed by atoms with E-state index in [4.69, 9.17) is 4.74 Å². The Morgan fingerprint density at radius 1 is 1.11 bits per heavy atom. The van der Waals surface area contributed by atoms with E-state index in [1.807, 2.05) is 0 Å². The lowest BCUT2D eigenvalue weighted by Crippen LogP contribution is -2.07. The summed E-state index contributed by atoms with van der Waals surface area (Å²) < 4.78 is 31.6. The number of ether oxygens (including phenoxy) is 1. The van der Waals surface area contributed by atoms with Crippen molar-refractivity contribution in [3.63, 3.8) is 0 Å². The van der Waals surface area contributed by atoms with E-state index in [1.165, 1.54) is 7.11 Å². The minimum Gasteiger partial charge on any atom is -0.496 e. The highest BCUT2D eigenvalue weighted by Gasteiger charge is 2.12. The fourth-order valence-corrected chi connectivity index (χ4v) is 2.16. The summed E-state index contributed by atoms with van der Waals surface area (Å²) in [5, 5.41) is 0.416. The number of aromatic amines is 1. The van der Waals surface area contributed by atoms with Crippen LogP contribution in [0.15, 0.2) is 35.1 Å².